The van der Waals surface area contributed by atoms with Crippen LogP contribution in [0.4, 0.5) is 5.95 Å². The van der Waals surface area contributed by atoms with Crippen LogP contribution in [0.5, 0.6) is 11.5 Å². The van der Waals surface area contributed by atoms with Crippen LogP contribution in [0.3, 0.4) is 0 Å². The molecule has 0 saturated carbocycles. The minimum absolute atomic E-state index is 0.0171. The topological polar surface area (TPSA) is 76.6 Å². The highest BCUT2D eigenvalue weighted by Gasteiger charge is 2.22. The standard InChI is InChI=1S/C21H28N4O3/c1-15-5-4-10-25(14-15)20(26)17-12-23-21(24-13-17)22-9-8-16-6-7-18(27-2)19(11-16)28-3/h6-7,11-13,15H,4-5,8-10,14H2,1-3H3,(H,22,23,24). The Morgan fingerprint density at radius 2 is 1.96 bits per heavy atom. The second kappa shape index (κ2) is 9.39. The van der Waals surface area contributed by atoms with Crippen molar-refractivity contribution in [1.82, 2.24) is 14.9 Å². The molecule has 1 aromatic carbocycles. The van der Waals surface area contributed by atoms with Gasteiger partial charge in [0.15, 0.2) is 11.5 Å². The lowest BCUT2D eigenvalue weighted by molar-refractivity contribution is 0.0682. The lowest BCUT2D eigenvalue weighted by atomic mass is 10.00. The zero-order valence-corrected chi connectivity index (χ0v) is 16.8. The molecule has 3 rings (SSSR count). The van der Waals surface area contributed by atoms with Crippen molar-refractivity contribution >= 4 is 11.9 Å². The van der Waals surface area contributed by atoms with Crippen LogP contribution in [0.15, 0.2) is 30.6 Å². The number of benzene rings is 1. The van der Waals surface area contributed by atoms with Crippen molar-refractivity contribution in [1.29, 1.82) is 0 Å². The molecule has 2 heterocycles. The van der Waals surface area contributed by atoms with E-state index in [1.807, 2.05) is 23.1 Å². The van der Waals surface area contributed by atoms with Crippen molar-refractivity contribution in [3.05, 3.63) is 41.7 Å². The normalized spacial score (nSPS) is 16.5. The molecule has 1 saturated heterocycles. The average Bonchev–Trinajstić information content (AvgIpc) is 2.73. The fourth-order valence-corrected chi connectivity index (χ4v) is 3.44. The monoisotopic (exact) mass is 384 g/mol. The lowest BCUT2D eigenvalue weighted by Crippen LogP contribution is -2.39. The van der Waals surface area contributed by atoms with E-state index in [9.17, 15) is 4.79 Å². The van der Waals surface area contributed by atoms with E-state index in [0.717, 1.165) is 31.5 Å². The molecule has 1 aromatic heterocycles. The summed E-state index contributed by atoms with van der Waals surface area (Å²) in [6.45, 7) is 4.48. The highest BCUT2D eigenvalue weighted by atomic mass is 16.5. The third kappa shape index (κ3) is 4.91. The first-order valence-corrected chi connectivity index (χ1v) is 9.66. The Morgan fingerprint density at radius 3 is 2.64 bits per heavy atom. The van der Waals surface area contributed by atoms with Crippen LogP contribution in [0.2, 0.25) is 0 Å². The first-order chi connectivity index (χ1) is 13.6. The Labute approximate surface area is 166 Å². The van der Waals surface area contributed by atoms with Crippen LogP contribution in [0.25, 0.3) is 0 Å². The highest BCUT2D eigenvalue weighted by molar-refractivity contribution is 5.93. The number of methoxy groups -OCH3 is 2. The lowest BCUT2D eigenvalue weighted by Gasteiger charge is -2.30. The molecule has 28 heavy (non-hydrogen) atoms. The SMILES string of the molecule is COc1ccc(CCNc2ncc(C(=O)N3CCCC(C)C3)cn2)cc1OC. The maximum Gasteiger partial charge on any atom is 0.257 e. The number of anilines is 1. The molecule has 0 spiro atoms. The Balaban J connectivity index is 1.52. The van der Waals surface area contributed by atoms with E-state index >= 15 is 0 Å². The number of nitrogens with one attached hydrogen (secondary N) is 1. The summed E-state index contributed by atoms with van der Waals surface area (Å²) < 4.78 is 10.6. The Morgan fingerprint density at radius 1 is 1.21 bits per heavy atom. The highest BCUT2D eigenvalue weighted by Crippen LogP contribution is 2.27. The molecule has 1 N–H and O–H groups in total. The Bertz CT molecular complexity index is 795. The van der Waals surface area contributed by atoms with E-state index in [1.165, 1.54) is 6.42 Å². The summed E-state index contributed by atoms with van der Waals surface area (Å²) in [7, 11) is 3.25. The van der Waals surface area contributed by atoms with E-state index in [4.69, 9.17) is 9.47 Å². The van der Waals surface area contributed by atoms with Crippen LogP contribution >= 0.6 is 0 Å². The average molecular weight is 384 g/mol. The molecule has 1 unspecified atom stereocenters. The molecule has 0 bridgehead atoms. The van der Waals surface area contributed by atoms with Crippen LogP contribution in [-0.4, -0.2) is 54.6 Å². The number of aromatic nitrogens is 2. The van der Waals surface area contributed by atoms with Gasteiger partial charge in [-0.3, -0.25) is 4.79 Å². The van der Waals surface area contributed by atoms with Crippen molar-refractivity contribution in [3.8, 4) is 11.5 Å². The number of carbonyl (C=O) groups is 1. The van der Waals surface area contributed by atoms with Crippen LogP contribution in [-0.2, 0) is 6.42 Å². The molecule has 1 aliphatic rings. The molecule has 0 aliphatic carbocycles. The molecule has 2 aromatic rings. The minimum Gasteiger partial charge on any atom is -0.493 e. The fourth-order valence-electron chi connectivity index (χ4n) is 3.44. The van der Waals surface area contributed by atoms with Crippen molar-refractivity contribution in [2.45, 2.75) is 26.2 Å². The van der Waals surface area contributed by atoms with Crippen LogP contribution in [0.1, 0.15) is 35.7 Å². The largest absolute Gasteiger partial charge is 0.493 e. The number of nitrogens with zero attached hydrogens (tertiary/aromatic N) is 3. The first kappa shape index (κ1) is 19.9. The van der Waals surface area contributed by atoms with Crippen molar-refractivity contribution in [2.75, 3.05) is 39.2 Å². The summed E-state index contributed by atoms with van der Waals surface area (Å²) in [6.07, 6.45) is 6.24. The van der Waals surface area contributed by atoms with E-state index < -0.39 is 0 Å². The van der Waals surface area contributed by atoms with E-state index in [2.05, 4.69) is 22.2 Å². The zero-order chi connectivity index (χ0) is 19.9. The maximum absolute atomic E-state index is 12.6. The van der Waals surface area contributed by atoms with Gasteiger partial charge in [0.1, 0.15) is 0 Å². The molecular weight excluding hydrogens is 356 g/mol. The van der Waals surface area contributed by atoms with E-state index in [1.54, 1.807) is 26.6 Å². The van der Waals surface area contributed by atoms with E-state index in [0.29, 0.717) is 35.5 Å². The summed E-state index contributed by atoms with van der Waals surface area (Å²) in [5, 5.41) is 3.19. The number of piperidine rings is 1. The van der Waals surface area contributed by atoms with Gasteiger partial charge in [0, 0.05) is 32.0 Å². The first-order valence-electron chi connectivity index (χ1n) is 9.66. The van der Waals surface area contributed by atoms with Gasteiger partial charge in [-0.2, -0.15) is 0 Å². The summed E-state index contributed by atoms with van der Waals surface area (Å²) >= 11 is 0. The number of hydrogen-bond acceptors (Lipinski definition) is 6. The van der Waals surface area contributed by atoms with Gasteiger partial charge in [-0.1, -0.05) is 13.0 Å². The summed E-state index contributed by atoms with van der Waals surface area (Å²) in [4.78, 5) is 23.1. The number of amides is 1. The van der Waals surface area contributed by atoms with Gasteiger partial charge in [0.25, 0.3) is 5.91 Å². The van der Waals surface area contributed by atoms with Crippen molar-refractivity contribution in [2.24, 2.45) is 5.92 Å². The quantitative estimate of drug-likeness (QED) is 0.791. The number of carbonyl (C=O) groups excluding carboxylic acids is 1. The third-order valence-electron chi connectivity index (χ3n) is 4.99. The summed E-state index contributed by atoms with van der Waals surface area (Å²) in [5.74, 6) is 2.51. The smallest absolute Gasteiger partial charge is 0.257 e. The zero-order valence-electron chi connectivity index (χ0n) is 16.8. The molecule has 1 atom stereocenters. The Hall–Kier alpha value is -2.83. The van der Waals surface area contributed by atoms with Gasteiger partial charge in [-0.25, -0.2) is 9.97 Å². The molecule has 0 radical (unpaired) electrons. The molecule has 1 amide bonds. The van der Waals surface area contributed by atoms with Gasteiger partial charge in [0.2, 0.25) is 5.95 Å². The van der Waals surface area contributed by atoms with Gasteiger partial charge in [-0.15, -0.1) is 0 Å². The van der Waals surface area contributed by atoms with Gasteiger partial charge >= 0.3 is 0 Å². The molecule has 1 aliphatic heterocycles. The molecule has 7 heteroatoms. The minimum atomic E-state index is 0.0171. The number of likely N-dealkylation sites (tertiary alicyclic amines) is 1. The number of ether oxygens (including phenoxy) is 2. The maximum atomic E-state index is 12.6. The molecule has 150 valence electrons. The molecule has 1 fully saturated rings. The van der Waals surface area contributed by atoms with Crippen molar-refractivity contribution in [3.63, 3.8) is 0 Å². The molecular formula is C21H28N4O3. The predicted octanol–water partition coefficient (Wildman–Crippen LogP) is 3.02. The Kier molecular flexibility index (Phi) is 6.68. The number of hydrogen-bond donors (Lipinski definition) is 1. The van der Waals surface area contributed by atoms with Gasteiger partial charge in [-0.05, 0) is 42.9 Å². The van der Waals surface area contributed by atoms with Gasteiger partial charge < -0.3 is 19.7 Å². The van der Waals surface area contributed by atoms with Crippen LogP contribution < -0.4 is 14.8 Å². The number of rotatable bonds is 7. The second-order valence-corrected chi connectivity index (χ2v) is 7.16. The van der Waals surface area contributed by atoms with E-state index in [-0.39, 0.29) is 5.91 Å². The fraction of sp³-hybridized carbons (Fsp3) is 0.476. The summed E-state index contributed by atoms with van der Waals surface area (Å²) in [5.41, 5.74) is 1.66. The van der Waals surface area contributed by atoms with Gasteiger partial charge in [0.05, 0.1) is 19.8 Å². The second-order valence-electron chi connectivity index (χ2n) is 7.16. The summed E-state index contributed by atoms with van der Waals surface area (Å²) in [6, 6.07) is 5.86. The third-order valence-corrected chi connectivity index (χ3v) is 4.99. The van der Waals surface area contributed by atoms with Crippen molar-refractivity contribution < 1.29 is 14.3 Å². The predicted molar refractivity (Wildman–Crippen MR) is 108 cm³/mol. The molecule has 7 nitrogen and oxygen atoms in total. The van der Waals surface area contributed by atoms with Crippen LogP contribution in [0, 0.1) is 5.92 Å².